The molecule has 4 N–H and O–H groups in total. The number of rotatable bonds is 6. The summed E-state index contributed by atoms with van der Waals surface area (Å²) >= 11 is 6.05. The zero-order chi connectivity index (χ0) is 22.1. The molecule has 2 aromatic carbocycles. The Morgan fingerprint density at radius 1 is 1.03 bits per heavy atom. The van der Waals surface area contributed by atoms with Crippen LogP contribution in [0.3, 0.4) is 0 Å². The van der Waals surface area contributed by atoms with Crippen LogP contribution in [0.5, 0.6) is 0 Å². The van der Waals surface area contributed by atoms with E-state index in [1.807, 2.05) is 72.3 Å². The second-order valence-corrected chi connectivity index (χ2v) is 7.71. The third kappa shape index (κ3) is 3.65. The summed E-state index contributed by atoms with van der Waals surface area (Å²) in [6, 6.07) is 17.7. The predicted octanol–water partition coefficient (Wildman–Crippen LogP) is 4.75. The fourth-order valence-corrected chi connectivity index (χ4v) is 3.79. The third-order valence-corrected chi connectivity index (χ3v) is 5.49. The molecular formula is C23H21ClN8. The second-order valence-electron chi connectivity index (χ2n) is 7.28. The van der Waals surface area contributed by atoms with Crippen molar-refractivity contribution in [2.75, 3.05) is 11.1 Å². The molecule has 0 fully saturated rings. The second kappa shape index (κ2) is 8.32. The van der Waals surface area contributed by atoms with Crippen LogP contribution in [0.1, 0.15) is 12.5 Å². The van der Waals surface area contributed by atoms with Crippen molar-refractivity contribution < 1.29 is 0 Å². The number of benzene rings is 2. The molecule has 8 nitrogen and oxygen atoms in total. The quantitative estimate of drug-likeness (QED) is 0.348. The van der Waals surface area contributed by atoms with Crippen LogP contribution in [0.25, 0.3) is 33.8 Å². The zero-order valence-electron chi connectivity index (χ0n) is 17.4. The van der Waals surface area contributed by atoms with Crippen LogP contribution in [0.2, 0.25) is 5.02 Å². The van der Waals surface area contributed by atoms with E-state index in [9.17, 15) is 0 Å². The number of halogens is 1. The molecule has 5 rings (SSSR count). The highest BCUT2D eigenvalue weighted by Gasteiger charge is 2.21. The maximum Gasteiger partial charge on any atom is 0.227 e. The van der Waals surface area contributed by atoms with E-state index in [1.165, 1.54) is 0 Å². The number of nitrogens with one attached hydrogen (secondary N) is 2. The number of aromatic amines is 1. The largest absolute Gasteiger partial charge is 0.382 e. The Kier molecular flexibility index (Phi) is 5.20. The zero-order valence-corrected chi connectivity index (χ0v) is 18.1. The summed E-state index contributed by atoms with van der Waals surface area (Å²) in [4.78, 5) is 13.9. The summed E-state index contributed by atoms with van der Waals surface area (Å²) in [6.07, 6.45) is 1.85. The number of nitrogens with two attached hydrogens (primary N) is 1. The van der Waals surface area contributed by atoms with Crippen molar-refractivity contribution in [2.24, 2.45) is 0 Å². The van der Waals surface area contributed by atoms with Gasteiger partial charge in [-0.2, -0.15) is 15.1 Å². The van der Waals surface area contributed by atoms with Crippen LogP contribution in [-0.4, -0.2) is 29.7 Å². The number of aromatic nitrogens is 6. The van der Waals surface area contributed by atoms with Crippen LogP contribution in [0.4, 0.5) is 11.8 Å². The van der Waals surface area contributed by atoms with Gasteiger partial charge < -0.3 is 15.6 Å². The van der Waals surface area contributed by atoms with E-state index < -0.39 is 0 Å². The molecule has 5 aromatic rings. The van der Waals surface area contributed by atoms with Gasteiger partial charge in [-0.1, -0.05) is 54.1 Å². The minimum Gasteiger partial charge on any atom is -0.382 e. The lowest BCUT2D eigenvalue weighted by atomic mass is 10.1. The smallest absolute Gasteiger partial charge is 0.227 e. The Balaban J connectivity index is 1.56. The van der Waals surface area contributed by atoms with Crippen molar-refractivity contribution in [1.29, 1.82) is 0 Å². The van der Waals surface area contributed by atoms with E-state index in [-0.39, 0.29) is 0 Å². The van der Waals surface area contributed by atoms with Crippen LogP contribution in [-0.2, 0) is 13.1 Å². The van der Waals surface area contributed by atoms with Gasteiger partial charge in [-0.25, -0.2) is 4.98 Å². The lowest BCUT2D eigenvalue weighted by Crippen LogP contribution is -2.07. The molecule has 0 aliphatic heterocycles. The Morgan fingerprint density at radius 2 is 1.81 bits per heavy atom. The summed E-state index contributed by atoms with van der Waals surface area (Å²) in [5.74, 6) is 1.46. The first-order valence-corrected chi connectivity index (χ1v) is 10.6. The minimum atomic E-state index is 0.322. The van der Waals surface area contributed by atoms with Crippen LogP contribution < -0.4 is 11.1 Å². The Bertz CT molecular complexity index is 1370. The molecule has 0 aliphatic carbocycles. The molecule has 32 heavy (non-hydrogen) atoms. The monoisotopic (exact) mass is 444 g/mol. The normalized spacial score (nSPS) is 11.2. The number of fused-ring (bicyclic) bond motifs is 1. The average Bonchev–Trinajstić information content (AvgIpc) is 3.43. The van der Waals surface area contributed by atoms with Gasteiger partial charge in [0.15, 0.2) is 22.8 Å². The van der Waals surface area contributed by atoms with Gasteiger partial charge in [0.25, 0.3) is 0 Å². The maximum atomic E-state index is 6.27. The number of aryl methyl sites for hydroxylation is 1. The molecule has 0 saturated carbocycles. The van der Waals surface area contributed by atoms with E-state index in [4.69, 9.17) is 27.3 Å². The summed E-state index contributed by atoms with van der Waals surface area (Å²) < 4.78 is 2.00. The summed E-state index contributed by atoms with van der Waals surface area (Å²) in [5, 5.41) is 11.4. The van der Waals surface area contributed by atoms with Crippen molar-refractivity contribution in [3.63, 3.8) is 0 Å². The Morgan fingerprint density at radius 3 is 2.56 bits per heavy atom. The summed E-state index contributed by atoms with van der Waals surface area (Å²) in [5.41, 5.74) is 11.2. The Labute approximate surface area is 189 Å². The molecule has 0 atom stereocenters. The number of hydrogen-bond donors (Lipinski definition) is 3. The average molecular weight is 445 g/mol. The summed E-state index contributed by atoms with van der Waals surface area (Å²) in [7, 11) is 0. The van der Waals surface area contributed by atoms with Crippen LogP contribution in [0, 0.1) is 0 Å². The van der Waals surface area contributed by atoms with Gasteiger partial charge in [-0.15, -0.1) is 0 Å². The van der Waals surface area contributed by atoms with Crippen molar-refractivity contribution in [3.05, 3.63) is 71.4 Å². The molecule has 0 amide bonds. The number of imidazole rings is 1. The SMILES string of the molecule is CCn1c(-c2n[nH]cc2-c2ccc(Cl)cc2)nc2c(N)nc(NCc3ccccc3)nc21. The molecule has 160 valence electrons. The molecule has 0 spiro atoms. The van der Waals surface area contributed by atoms with E-state index in [0.29, 0.717) is 52.6 Å². The van der Waals surface area contributed by atoms with E-state index in [1.54, 1.807) is 0 Å². The molecule has 0 aliphatic rings. The van der Waals surface area contributed by atoms with Gasteiger partial charge in [0.05, 0.1) is 0 Å². The van der Waals surface area contributed by atoms with Crippen LogP contribution >= 0.6 is 11.6 Å². The number of H-pyrrole nitrogens is 1. The summed E-state index contributed by atoms with van der Waals surface area (Å²) in [6.45, 7) is 3.28. The lowest BCUT2D eigenvalue weighted by Gasteiger charge is -2.08. The van der Waals surface area contributed by atoms with Gasteiger partial charge in [0, 0.05) is 29.9 Å². The van der Waals surface area contributed by atoms with Crippen LogP contribution in [0.15, 0.2) is 60.8 Å². The first kappa shape index (κ1) is 20.0. The lowest BCUT2D eigenvalue weighted by molar-refractivity contribution is 0.783. The number of nitrogen functional groups attached to an aromatic ring is 1. The van der Waals surface area contributed by atoms with Gasteiger partial charge in [0.2, 0.25) is 5.95 Å². The molecule has 0 unspecified atom stereocenters. The van der Waals surface area contributed by atoms with Gasteiger partial charge in [-0.05, 0) is 30.2 Å². The highest BCUT2D eigenvalue weighted by molar-refractivity contribution is 6.30. The molecule has 3 heterocycles. The minimum absolute atomic E-state index is 0.322. The van der Waals surface area contributed by atoms with Crippen molar-refractivity contribution in [1.82, 2.24) is 29.7 Å². The highest BCUT2D eigenvalue weighted by atomic mass is 35.5. The fourth-order valence-electron chi connectivity index (χ4n) is 3.67. The first-order chi connectivity index (χ1) is 15.6. The van der Waals surface area contributed by atoms with E-state index in [0.717, 1.165) is 16.7 Å². The van der Waals surface area contributed by atoms with E-state index in [2.05, 4.69) is 20.5 Å². The predicted molar refractivity (Wildman–Crippen MR) is 127 cm³/mol. The van der Waals surface area contributed by atoms with Gasteiger partial charge in [0.1, 0.15) is 5.69 Å². The molecular weight excluding hydrogens is 424 g/mol. The molecule has 0 bridgehead atoms. The first-order valence-electron chi connectivity index (χ1n) is 10.3. The maximum absolute atomic E-state index is 6.27. The topological polar surface area (TPSA) is 110 Å². The third-order valence-electron chi connectivity index (χ3n) is 5.24. The molecule has 9 heteroatoms. The number of hydrogen-bond acceptors (Lipinski definition) is 6. The molecule has 3 aromatic heterocycles. The Hall–Kier alpha value is -3.91. The number of anilines is 2. The van der Waals surface area contributed by atoms with Gasteiger partial charge in [-0.3, -0.25) is 5.10 Å². The van der Waals surface area contributed by atoms with Crippen molar-refractivity contribution in [3.8, 4) is 22.6 Å². The standard InChI is InChI=1S/C23H21ClN8/c1-2-32-21(18-17(13-27-31-18)15-8-10-16(24)11-9-15)28-19-20(25)29-23(30-22(19)32)26-12-14-6-4-3-5-7-14/h3-11,13H,2,12H2,1H3,(H,27,31)(H3,25,26,29,30). The van der Waals surface area contributed by atoms with Crippen molar-refractivity contribution in [2.45, 2.75) is 20.0 Å². The van der Waals surface area contributed by atoms with Crippen molar-refractivity contribution >= 4 is 34.5 Å². The molecule has 0 radical (unpaired) electrons. The fraction of sp³-hybridized carbons (Fsp3) is 0.130. The van der Waals surface area contributed by atoms with E-state index >= 15 is 0 Å². The number of nitrogens with zero attached hydrogens (tertiary/aromatic N) is 5. The highest BCUT2D eigenvalue weighted by Crippen LogP contribution is 2.33. The van der Waals surface area contributed by atoms with Gasteiger partial charge >= 0.3 is 0 Å². The molecule has 0 saturated heterocycles.